The smallest absolute Gasteiger partial charge is 0.238 e. The average molecular weight is 337 g/mol. The molecule has 2 nitrogen and oxygen atoms in total. The summed E-state index contributed by atoms with van der Waals surface area (Å²) in [5, 5.41) is 5.12. The van der Waals surface area contributed by atoms with E-state index in [9.17, 15) is 4.79 Å². The van der Waals surface area contributed by atoms with E-state index in [1.807, 2.05) is 36.4 Å². The van der Waals surface area contributed by atoms with E-state index in [4.69, 9.17) is 0 Å². The molecule has 1 aromatic heterocycles. The van der Waals surface area contributed by atoms with Gasteiger partial charge in [0.2, 0.25) is 5.91 Å². The summed E-state index contributed by atoms with van der Waals surface area (Å²) in [4.78, 5) is 15.1. The minimum Gasteiger partial charge on any atom is -0.324 e. The Kier molecular flexibility index (Phi) is 3.93. The van der Waals surface area contributed by atoms with Gasteiger partial charge in [-0.1, -0.05) is 42.5 Å². The summed E-state index contributed by atoms with van der Waals surface area (Å²) in [6.07, 6.45) is 0.799. The summed E-state index contributed by atoms with van der Waals surface area (Å²) in [7, 11) is 0. The number of benzene rings is 2. The maximum atomic E-state index is 12.7. The third-order valence-corrected chi connectivity index (χ3v) is 6.13. The van der Waals surface area contributed by atoms with Crippen LogP contribution in [0.2, 0.25) is 0 Å². The zero-order valence-corrected chi connectivity index (χ0v) is 14.0. The van der Waals surface area contributed by atoms with Gasteiger partial charge in [0.1, 0.15) is 0 Å². The van der Waals surface area contributed by atoms with E-state index in [-0.39, 0.29) is 11.2 Å². The van der Waals surface area contributed by atoms with Gasteiger partial charge in [-0.2, -0.15) is 0 Å². The molecule has 4 rings (SSSR count). The second kappa shape index (κ2) is 6.22. The van der Waals surface area contributed by atoms with E-state index in [2.05, 4.69) is 35.0 Å². The van der Waals surface area contributed by atoms with E-state index >= 15 is 0 Å². The minimum atomic E-state index is -0.0520. The molecule has 1 aliphatic rings. The van der Waals surface area contributed by atoms with Gasteiger partial charge in [0.25, 0.3) is 0 Å². The summed E-state index contributed by atoms with van der Waals surface area (Å²) >= 11 is 3.34. The topological polar surface area (TPSA) is 29.1 Å². The zero-order chi connectivity index (χ0) is 15.6. The van der Waals surface area contributed by atoms with Crippen LogP contribution in [0.15, 0.2) is 70.9 Å². The molecule has 0 bridgehead atoms. The monoisotopic (exact) mass is 337 g/mol. The average Bonchev–Trinajstić information content (AvgIpc) is 3.25. The Morgan fingerprint density at radius 2 is 1.83 bits per heavy atom. The summed E-state index contributed by atoms with van der Waals surface area (Å²) in [5.41, 5.74) is 3.23. The highest BCUT2D eigenvalue weighted by Crippen LogP contribution is 2.38. The molecule has 114 valence electrons. The molecule has 1 amide bonds. The Morgan fingerprint density at radius 3 is 2.65 bits per heavy atom. The summed E-state index contributed by atoms with van der Waals surface area (Å²) < 4.78 is 0. The summed E-state index contributed by atoms with van der Waals surface area (Å²) in [5.74, 6) is 0.0789. The quantitative estimate of drug-likeness (QED) is 0.723. The molecule has 0 spiro atoms. The van der Waals surface area contributed by atoms with Crippen molar-refractivity contribution in [2.45, 2.75) is 16.6 Å². The molecule has 2 aromatic carbocycles. The lowest BCUT2D eigenvalue weighted by atomic mass is 10.1. The van der Waals surface area contributed by atoms with Crippen LogP contribution in [0.1, 0.15) is 5.56 Å². The number of fused-ring (bicyclic) bond motifs is 1. The van der Waals surface area contributed by atoms with Crippen molar-refractivity contribution in [3.8, 4) is 10.4 Å². The fourth-order valence-corrected chi connectivity index (χ4v) is 4.74. The molecule has 0 fully saturated rings. The van der Waals surface area contributed by atoms with Crippen molar-refractivity contribution in [3.05, 3.63) is 71.6 Å². The number of thiophene rings is 1. The molecule has 4 heteroatoms. The first-order chi connectivity index (χ1) is 11.3. The van der Waals surface area contributed by atoms with Gasteiger partial charge in [-0.3, -0.25) is 4.79 Å². The number of carbonyl (C=O) groups excluding carboxylic acids is 1. The van der Waals surface area contributed by atoms with Gasteiger partial charge >= 0.3 is 0 Å². The molecular weight excluding hydrogens is 322 g/mol. The van der Waals surface area contributed by atoms with Gasteiger partial charge < -0.3 is 5.32 Å². The van der Waals surface area contributed by atoms with Gasteiger partial charge in [0.05, 0.1) is 5.25 Å². The number of hydrogen-bond donors (Lipinski definition) is 1. The van der Waals surface area contributed by atoms with Crippen LogP contribution in [0.4, 0.5) is 5.69 Å². The first-order valence-electron chi connectivity index (χ1n) is 7.49. The minimum absolute atomic E-state index is 0.0520. The number of para-hydroxylation sites is 1. The molecule has 1 unspecified atom stereocenters. The third-order valence-electron chi connectivity index (χ3n) is 3.91. The molecule has 0 aliphatic carbocycles. The Bertz CT molecular complexity index is 817. The van der Waals surface area contributed by atoms with E-state index in [0.717, 1.165) is 17.7 Å². The maximum Gasteiger partial charge on any atom is 0.238 e. The molecule has 0 radical (unpaired) electrons. The highest BCUT2D eigenvalue weighted by Gasteiger charge is 2.28. The van der Waals surface area contributed by atoms with Crippen LogP contribution in [0.3, 0.4) is 0 Å². The first-order valence-corrected chi connectivity index (χ1v) is 9.25. The molecule has 3 aromatic rings. The number of amides is 1. The predicted molar refractivity (Wildman–Crippen MR) is 98.2 cm³/mol. The Hall–Kier alpha value is -2.04. The summed E-state index contributed by atoms with van der Waals surface area (Å²) in [6.45, 7) is 0. The van der Waals surface area contributed by atoms with Crippen LogP contribution < -0.4 is 5.32 Å². The number of nitrogens with one attached hydrogen (secondary N) is 1. The van der Waals surface area contributed by atoms with Crippen molar-refractivity contribution in [3.63, 3.8) is 0 Å². The number of rotatable bonds is 3. The molecule has 2 heterocycles. The normalized spacial score (nSPS) is 16.1. The van der Waals surface area contributed by atoms with Crippen molar-refractivity contribution in [2.75, 3.05) is 5.32 Å². The SMILES string of the molecule is O=C(Nc1ccccc1-c1cccs1)C1Cc2ccccc2S1. The highest BCUT2D eigenvalue weighted by molar-refractivity contribution is 8.01. The zero-order valence-electron chi connectivity index (χ0n) is 12.4. The van der Waals surface area contributed by atoms with Gasteiger partial charge in [-0.25, -0.2) is 0 Å². The van der Waals surface area contributed by atoms with Crippen LogP contribution in [0.5, 0.6) is 0 Å². The second-order valence-corrected chi connectivity index (χ2v) is 7.62. The molecule has 0 saturated carbocycles. The van der Waals surface area contributed by atoms with Crippen LogP contribution >= 0.6 is 23.1 Å². The van der Waals surface area contributed by atoms with E-state index < -0.39 is 0 Å². The van der Waals surface area contributed by atoms with Crippen molar-refractivity contribution >= 4 is 34.7 Å². The van der Waals surface area contributed by atoms with Gasteiger partial charge in [0, 0.05) is 21.0 Å². The maximum absolute atomic E-state index is 12.7. The van der Waals surface area contributed by atoms with Gasteiger partial charge in [0.15, 0.2) is 0 Å². The highest BCUT2D eigenvalue weighted by atomic mass is 32.2. The lowest BCUT2D eigenvalue weighted by molar-refractivity contribution is -0.115. The van der Waals surface area contributed by atoms with Crippen LogP contribution in [-0.4, -0.2) is 11.2 Å². The van der Waals surface area contributed by atoms with E-state index in [0.29, 0.717) is 0 Å². The molecule has 1 aliphatic heterocycles. The Balaban J connectivity index is 1.55. The lowest BCUT2D eigenvalue weighted by Gasteiger charge is -2.13. The Morgan fingerprint density at radius 1 is 1.00 bits per heavy atom. The van der Waals surface area contributed by atoms with E-state index in [1.165, 1.54) is 15.3 Å². The number of carbonyl (C=O) groups is 1. The molecule has 23 heavy (non-hydrogen) atoms. The van der Waals surface area contributed by atoms with Crippen LogP contribution in [0, 0.1) is 0 Å². The standard InChI is InChI=1S/C19H15NOS2/c21-19(18-12-13-6-1-4-9-16(13)23-18)20-15-8-3-2-7-14(15)17-10-5-11-22-17/h1-11,18H,12H2,(H,20,21). The van der Waals surface area contributed by atoms with Gasteiger partial charge in [-0.15, -0.1) is 23.1 Å². The second-order valence-electron chi connectivity index (χ2n) is 5.43. The largest absolute Gasteiger partial charge is 0.324 e. The fraction of sp³-hybridized carbons (Fsp3) is 0.105. The van der Waals surface area contributed by atoms with Crippen molar-refractivity contribution in [1.82, 2.24) is 0 Å². The van der Waals surface area contributed by atoms with Gasteiger partial charge in [-0.05, 0) is 35.6 Å². The number of hydrogen-bond acceptors (Lipinski definition) is 3. The van der Waals surface area contributed by atoms with Crippen molar-refractivity contribution < 1.29 is 4.79 Å². The van der Waals surface area contributed by atoms with E-state index in [1.54, 1.807) is 23.1 Å². The fourth-order valence-electron chi connectivity index (χ4n) is 2.78. The van der Waals surface area contributed by atoms with Crippen molar-refractivity contribution in [1.29, 1.82) is 0 Å². The van der Waals surface area contributed by atoms with Crippen LogP contribution in [-0.2, 0) is 11.2 Å². The number of anilines is 1. The lowest BCUT2D eigenvalue weighted by Crippen LogP contribution is -2.24. The first kappa shape index (κ1) is 14.5. The molecule has 1 N–H and O–H groups in total. The molecule has 1 atom stereocenters. The van der Waals surface area contributed by atoms with Crippen LogP contribution in [0.25, 0.3) is 10.4 Å². The molecule has 0 saturated heterocycles. The predicted octanol–water partition coefficient (Wildman–Crippen LogP) is 5.07. The molecular formula is C19H15NOS2. The Labute approximate surface area is 143 Å². The third kappa shape index (κ3) is 2.92. The summed E-state index contributed by atoms with van der Waals surface area (Å²) in [6, 6.07) is 20.4. The van der Waals surface area contributed by atoms with Crippen molar-refractivity contribution in [2.24, 2.45) is 0 Å². The number of thioether (sulfide) groups is 1.